The van der Waals surface area contributed by atoms with E-state index in [1.165, 1.54) is 0 Å². The molecule has 0 aliphatic carbocycles. The van der Waals surface area contributed by atoms with Gasteiger partial charge in [0.25, 0.3) is 0 Å². The minimum Gasteiger partial charge on any atom is -0.497 e. The third-order valence-electron chi connectivity index (χ3n) is 3.63. The summed E-state index contributed by atoms with van der Waals surface area (Å²) in [6.45, 7) is 2.52. The standard InChI is InChI=1S/C19H23F2N3O2/c1-13(26-17-7-5-16(25-3)6-8-17)11-23-19(22-2)24-12-14-10-15(20)4-9-18(14)21/h4-10,13H,11-12H2,1-3H3,(H2,22,23,24). The van der Waals surface area contributed by atoms with E-state index in [4.69, 9.17) is 9.47 Å². The zero-order chi connectivity index (χ0) is 18.9. The lowest BCUT2D eigenvalue weighted by atomic mass is 10.2. The Balaban J connectivity index is 1.81. The monoisotopic (exact) mass is 363 g/mol. The van der Waals surface area contributed by atoms with Crippen molar-refractivity contribution in [2.45, 2.75) is 19.6 Å². The first kappa shape index (κ1) is 19.5. The van der Waals surface area contributed by atoms with Gasteiger partial charge in [0.15, 0.2) is 5.96 Å². The molecule has 140 valence electrons. The van der Waals surface area contributed by atoms with Crippen molar-refractivity contribution >= 4 is 5.96 Å². The zero-order valence-electron chi connectivity index (χ0n) is 15.1. The molecule has 0 saturated heterocycles. The van der Waals surface area contributed by atoms with Crippen LogP contribution in [0.25, 0.3) is 0 Å². The molecule has 1 atom stereocenters. The number of guanidine groups is 1. The molecule has 0 radical (unpaired) electrons. The average molecular weight is 363 g/mol. The second-order valence-corrected chi connectivity index (χ2v) is 5.65. The molecule has 5 nitrogen and oxygen atoms in total. The maximum absolute atomic E-state index is 13.6. The van der Waals surface area contributed by atoms with Crippen molar-refractivity contribution in [3.05, 3.63) is 59.7 Å². The minimum absolute atomic E-state index is 0.122. The number of nitrogens with zero attached hydrogens (tertiary/aromatic N) is 1. The van der Waals surface area contributed by atoms with Gasteiger partial charge in [-0.15, -0.1) is 0 Å². The van der Waals surface area contributed by atoms with Crippen molar-refractivity contribution in [1.82, 2.24) is 10.6 Å². The molecule has 0 aliphatic rings. The molecule has 2 N–H and O–H groups in total. The first-order valence-corrected chi connectivity index (χ1v) is 8.21. The molecule has 0 fully saturated rings. The Kier molecular flexibility index (Phi) is 7.20. The summed E-state index contributed by atoms with van der Waals surface area (Å²) in [7, 11) is 3.21. The number of halogens is 2. The molecule has 0 saturated carbocycles. The van der Waals surface area contributed by atoms with Crippen molar-refractivity contribution < 1.29 is 18.3 Å². The van der Waals surface area contributed by atoms with Crippen LogP contribution < -0.4 is 20.1 Å². The zero-order valence-corrected chi connectivity index (χ0v) is 15.1. The molecular formula is C19H23F2N3O2. The van der Waals surface area contributed by atoms with E-state index in [0.717, 1.165) is 29.7 Å². The van der Waals surface area contributed by atoms with Gasteiger partial charge in [0.1, 0.15) is 29.2 Å². The number of methoxy groups -OCH3 is 1. The fourth-order valence-electron chi connectivity index (χ4n) is 2.25. The lowest BCUT2D eigenvalue weighted by Gasteiger charge is -2.18. The quantitative estimate of drug-likeness (QED) is 0.586. The summed E-state index contributed by atoms with van der Waals surface area (Å²) in [4.78, 5) is 4.06. The Morgan fingerprint density at radius 1 is 1.08 bits per heavy atom. The Labute approximate surface area is 152 Å². The van der Waals surface area contributed by atoms with Crippen molar-refractivity contribution in [2.24, 2.45) is 4.99 Å². The molecule has 0 aliphatic heterocycles. The van der Waals surface area contributed by atoms with E-state index in [2.05, 4.69) is 15.6 Å². The molecule has 0 amide bonds. The van der Waals surface area contributed by atoms with Gasteiger partial charge in [-0.1, -0.05) is 0 Å². The smallest absolute Gasteiger partial charge is 0.191 e. The molecule has 0 aromatic heterocycles. The maximum Gasteiger partial charge on any atom is 0.191 e. The number of hydrogen-bond acceptors (Lipinski definition) is 3. The number of ether oxygens (including phenoxy) is 2. The predicted molar refractivity (Wildman–Crippen MR) is 97.6 cm³/mol. The molecule has 0 heterocycles. The van der Waals surface area contributed by atoms with Gasteiger partial charge in [-0.2, -0.15) is 0 Å². The van der Waals surface area contributed by atoms with Gasteiger partial charge in [-0.25, -0.2) is 8.78 Å². The van der Waals surface area contributed by atoms with E-state index in [0.29, 0.717) is 12.5 Å². The molecule has 7 heteroatoms. The van der Waals surface area contributed by atoms with E-state index < -0.39 is 11.6 Å². The van der Waals surface area contributed by atoms with Crippen molar-refractivity contribution in [3.8, 4) is 11.5 Å². The molecule has 1 unspecified atom stereocenters. The first-order chi connectivity index (χ1) is 12.5. The van der Waals surface area contributed by atoms with E-state index in [-0.39, 0.29) is 18.2 Å². The Morgan fingerprint density at radius 2 is 1.77 bits per heavy atom. The van der Waals surface area contributed by atoms with Crippen LogP contribution >= 0.6 is 0 Å². The SMILES string of the molecule is CN=C(NCc1cc(F)ccc1F)NCC(C)Oc1ccc(OC)cc1. The molecule has 26 heavy (non-hydrogen) atoms. The highest BCUT2D eigenvalue weighted by molar-refractivity contribution is 5.79. The highest BCUT2D eigenvalue weighted by atomic mass is 19.1. The molecular weight excluding hydrogens is 340 g/mol. The molecule has 2 aromatic carbocycles. The number of rotatable bonds is 7. The highest BCUT2D eigenvalue weighted by Gasteiger charge is 2.08. The van der Waals surface area contributed by atoms with Crippen LogP contribution in [0.1, 0.15) is 12.5 Å². The third-order valence-corrected chi connectivity index (χ3v) is 3.63. The summed E-state index contributed by atoms with van der Waals surface area (Å²) in [6, 6.07) is 10.7. The van der Waals surface area contributed by atoms with E-state index in [1.54, 1.807) is 14.2 Å². The van der Waals surface area contributed by atoms with Crippen molar-refractivity contribution in [1.29, 1.82) is 0 Å². The molecule has 2 rings (SSSR count). The second kappa shape index (κ2) is 9.60. The summed E-state index contributed by atoms with van der Waals surface area (Å²) in [6.07, 6.45) is -0.132. The third kappa shape index (κ3) is 5.91. The van der Waals surface area contributed by atoms with Crippen LogP contribution in [-0.2, 0) is 6.54 Å². The van der Waals surface area contributed by atoms with Crippen LogP contribution in [0.3, 0.4) is 0 Å². The lowest BCUT2D eigenvalue weighted by Crippen LogP contribution is -2.41. The van der Waals surface area contributed by atoms with Crippen molar-refractivity contribution in [2.75, 3.05) is 20.7 Å². The van der Waals surface area contributed by atoms with Crippen LogP contribution in [-0.4, -0.2) is 32.8 Å². The van der Waals surface area contributed by atoms with Crippen LogP contribution in [0, 0.1) is 11.6 Å². The van der Waals surface area contributed by atoms with Gasteiger partial charge in [0.05, 0.1) is 13.7 Å². The summed E-state index contributed by atoms with van der Waals surface area (Å²) in [5, 5.41) is 6.04. The van der Waals surface area contributed by atoms with Gasteiger partial charge in [-0.3, -0.25) is 4.99 Å². The summed E-state index contributed by atoms with van der Waals surface area (Å²) >= 11 is 0. The minimum atomic E-state index is -0.479. The van der Waals surface area contributed by atoms with Gasteiger partial charge in [0, 0.05) is 19.2 Å². The summed E-state index contributed by atoms with van der Waals surface area (Å²) in [5.41, 5.74) is 0.232. The molecule has 2 aromatic rings. The Bertz CT molecular complexity index is 736. The second-order valence-electron chi connectivity index (χ2n) is 5.65. The largest absolute Gasteiger partial charge is 0.497 e. The van der Waals surface area contributed by atoms with Crippen LogP contribution in [0.15, 0.2) is 47.5 Å². The fraction of sp³-hybridized carbons (Fsp3) is 0.316. The fourth-order valence-corrected chi connectivity index (χ4v) is 2.25. The molecule has 0 spiro atoms. The van der Waals surface area contributed by atoms with Crippen LogP contribution in [0.2, 0.25) is 0 Å². The number of hydrogen-bond donors (Lipinski definition) is 2. The summed E-state index contributed by atoms with van der Waals surface area (Å²) < 4.78 is 37.7. The lowest BCUT2D eigenvalue weighted by molar-refractivity contribution is 0.223. The number of nitrogens with one attached hydrogen (secondary N) is 2. The summed E-state index contributed by atoms with van der Waals surface area (Å²) in [5.74, 6) is 1.01. The van der Waals surface area contributed by atoms with Crippen LogP contribution in [0.5, 0.6) is 11.5 Å². The van der Waals surface area contributed by atoms with Gasteiger partial charge in [0.2, 0.25) is 0 Å². The van der Waals surface area contributed by atoms with E-state index in [1.807, 2.05) is 31.2 Å². The van der Waals surface area contributed by atoms with E-state index in [9.17, 15) is 8.78 Å². The van der Waals surface area contributed by atoms with E-state index >= 15 is 0 Å². The predicted octanol–water partition coefficient (Wildman–Crippen LogP) is 3.11. The van der Waals surface area contributed by atoms with Crippen molar-refractivity contribution in [3.63, 3.8) is 0 Å². The van der Waals surface area contributed by atoms with Crippen LogP contribution in [0.4, 0.5) is 8.78 Å². The Morgan fingerprint density at radius 3 is 2.42 bits per heavy atom. The topological polar surface area (TPSA) is 54.9 Å². The first-order valence-electron chi connectivity index (χ1n) is 8.21. The number of benzene rings is 2. The molecule has 0 bridgehead atoms. The highest BCUT2D eigenvalue weighted by Crippen LogP contribution is 2.18. The maximum atomic E-state index is 13.6. The van der Waals surface area contributed by atoms with Gasteiger partial charge < -0.3 is 20.1 Å². The Hall–Kier alpha value is -2.83. The van der Waals surface area contributed by atoms with Gasteiger partial charge >= 0.3 is 0 Å². The number of aliphatic imine (C=N–C) groups is 1. The average Bonchev–Trinajstić information content (AvgIpc) is 2.65. The van der Waals surface area contributed by atoms with Gasteiger partial charge in [-0.05, 0) is 49.4 Å². The normalized spacial score (nSPS) is 12.4.